The van der Waals surface area contributed by atoms with Crippen molar-refractivity contribution in [2.24, 2.45) is 13.0 Å². The Bertz CT molecular complexity index is 1110. The van der Waals surface area contributed by atoms with Gasteiger partial charge in [-0.25, -0.2) is 4.98 Å². The van der Waals surface area contributed by atoms with Crippen LogP contribution in [0.4, 0.5) is 0 Å². The topological polar surface area (TPSA) is 67.7 Å². The molecule has 1 aromatic heterocycles. The Balaban J connectivity index is 1.51. The Labute approximate surface area is 182 Å². The summed E-state index contributed by atoms with van der Waals surface area (Å²) < 4.78 is 7.36. The number of aryl methyl sites for hydroxylation is 1. The molecular weight excluding hydrogens is 392 g/mol. The summed E-state index contributed by atoms with van der Waals surface area (Å²) in [5.74, 6) is 1.40. The molecule has 1 atom stereocenters. The number of hydrogen-bond acceptors (Lipinski definition) is 4. The number of methoxy groups -OCH3 is 1. The number of likely N-dealkylation sites (tertiary alicyclic amines) is 1. The molecule has 162 valence electrons. The smallest absolute Gasteiger partial charge is 0.254 e. The van der Waals surface area contributed by atoms with Gasteiger partial charge >= 0.3 is 0 Å². The second-order valence-corrected chi connectivity index (χ2v) is 8.10. The summed E-state index contributed by atoms with van der Waals surface area (Å²) in [7, 11) is 5.35. The minimum Gasteiger partial charge on any atom is -0.496 e. The first-order valence-electron chi connectivity index (χ1n) is 10.6. The van der Waals surface area contributed by atoms with E-state index in [0.29, 0.717) is 25.2 Å². The number of ether oxygens (including phenoxy) is 1. The number of piperidine rings is 1. The zero-order chi connectivity index (χ0) is 22.0. The van der Waals surface area contributed by atoms with Crippen LogP contribution in [0.25, 0.3) is 10.8 Å². The highest BCUT2D eigenvalue weighted by Gasteiger charge is 2.31. The van der Waals surface area contributed by atoms with Gasteiger partial charge in [0.25, 0.3) is 5.91 Å². The number of amides is 2. The summed E-state index contributed by atoms with van der Waals surface area (Å²) in [6.45, 7) is 1.55. The summed E-state index contributed by atoms with van der Waals surface area (Å²) in [6, 6.07) is 11.4. The number of imidazole rings is 1. The lowest BCUT2D eigenvalue weighted by molar-refractivity contribution is -0.136. The van der Waals surface area contributed by atoms with E-state index in [1.54, 1.807) is 25.3 Å². The SMILES string of the molecule is COc1ccc(C(=O)N2CCC[C@H](C(=O)N(C)Cc3nccn3C)C2)c2ccccc12. The summed E-state index contributed by atoms with van der Waals surface area (Å²) in [5.41, 5.74) is 0.644. The molecule has 4 rings (SSSR count). The van der Waals surface area contributed by atoms with E-state index in [9.17, 15) is 9.59 Å². The normalized spacial score (nSPS) is 16.4. The Morgan fingerprint density at radius 3 is 2.68 bits per heavy atom. The molecule has 0 radical (unpaired) electrons. The van der Waals surface area contributed by atoms with Crippen LogP contribution in [0.2, 0.25) is 0 Å². The van der Waals surface area contributed by atoms with Gasteiger partial charge in [0.05, 0.1) is 19.6 Å². The highest BCUT2D eigenvalue weighted by molar-refractivity contribution is 6.08. The lowest BCUT2D eigenvalue weighted by Gasteiger charge is -2.34. The number of fused-ring (bicyclic) bond motifs is 1. The van der Waals surface area contributed by atoms with Gasteiger partial charge in [-0.1, -0.05) is 24.3 Å². The van der Waals surface area contributed by atoms with Gasteiger partial charge in [0.1, 0.15) is 11.6 Å². The molecule has 3 aromatic rings. The van der Waals surface area contributed by atoms with E-state index in [1.165, 1.54) is 0 Å². The van der Waals surface area contributed by atoms with Crippen molar-refractivity contribution >= 4 is 22.6 Å². The highest BCUT2D eigenvalue weighted by atomic mass is 16.5. The van der Waals surface area contributed by atoms with E-state index >= 15 is 0 Å². The number of rotatable bonds is 5. The molecule has 0 bridgehead atoms. The van der Waals surface area contributed by atoms with E-state index in [-0.39, 0.29) is 17.7 Å². The number of nitrogens with zero attached hydrogens (tertiary/aromatic N) is 4. The van der Waals surface area contributed by atoms with Gasteiger partial charge in [-0.05, 0) is 30.4 Å². The predicted octanol–water partition coefficient (Wildman–Crippen LogP) is 3.09. The molecule has 0 saturated carbocycles. The van der Waals surface area contributed by atoms with Gasteiger partial charge in [0, 0.05) is 50.5 Å². The number of benzene rings is 2. The van der Waals surface area contributed by atoms with Crippen molar-refractivity contribution in [3.05, 3.63) is 60.2 Å². The van der Waals surface area contributed by atoms with Gasteiger partial charge in [-0.15, -0.1) is 0 Å². The molecule has 2 heterocycles. The average molecular weight is 421 g/mol. The van der Waals surface area contributed by atoms with Crippen LogP contribution in [0, 0.1) is 5.92 Å². The number of carbonyl (C=O) groups is 2. The summed E-state index contributed by atoms with van der Waals surface area (Å²) >= 11 is 0. The number of aromatic nitrogens is 2. The van der Waals surface area contributed by atoms with Gasteiger partial charge in [-0.3, -0.25) is 9.59 Å². The van der Waals surface area contributed by atoms with Crippen molar-refractivity contribution in [2.75, 3.05) is 27.2 Å². The zero-order valence-corrected chi connectivity index (χ0v) is 18.2. The maximum atomic E-state index is 13.4. The monoisotopic (exact) mass is 420 g/mol. The zero-order valence-electron chi connectivity index (χ0n) is 18.2. The molecule has 0 aliphatic carbocycles. The molecule has 0 unspecified atom stereocenters. The fraction of sp³-hybridized carbons (Fsp3) is 0.375. The van der Waals surface area contributed by atoms with Crippen molar-refractivity contribution in [3.63, 3.8) is 0 Å². The van der Waals surface area contributed by atoms with Gasteiger partial charge in [0.2, 0.25) is 5.91 Å². The van der Waals surface area contributed by atoms with E-state index in [1.807, 2.05) is 59.1 Å². The largest absolute Gasteiger partial charge is 0.496 e. The van der Waals surface area contributed by atoms with E-state index in [2.05, 4.69) is 4.98 Å². The molecule has 1 aliphatic heterocycles. The standard InChI is InChI=1S/C24H28N4O3/c1-26-14-12-25-22(26)16-27(2)23(29)17-7-6-13-28(15-17)24(30)20-10-11-21(31-3)19-9-5-4-8-18(19)20/h4-5,8-12,14,17H,6-7,13,15-16H2,1-3H3/t17-/m0/s1. The molecule has 0 spiro atoms. The Morgan fingerprint density at radius 2 is 1.97 bits per heavy atom. The minimum absolute atomic E-state index is 0.0388. The molecule has 1 saturated heterocycles. The van der Waals surface area contributed by atoms with Crippen molar-refractivity contribution in [1.29, 1.82) is 0 Å². The van der Waals surface area contributed by atoms with Crippen molar-refractivity contribution < 1.29 is 14.3 Å². The van der Waals surface area contributed by atoms with Crippen LogP contribution in [0.15, 0.2) is 48.8 Å². The second-order valence-electron chi connectivity index (χ2n) is 8.10. The van der Waals surface area contributed by atoms with Gasteiger partial charge < -0.3 is 19.1 Å². The molecule has 0 N–H and O–H groups in total. The van der Waals surface area contributed by atoms with Crippen LogP contribution in [-0.4, -0.2) is 58.4 Å². The van der Waals surface area contributed by atoms with Crippen LogP contribution in [0.3, 0.4) is 0 Å². The van der Waals surface area contributed by atoms with Crippen LogP contribution >= 0.6 is 0 Å². The van der Waals surface area contributed by atoms with Gasteiger partial charge in [-0.2, -0.15) is 0 Å². The molecule has 7 heteroatoms. The third-order valence-electron chi connectivity index (χ3n) is 6.07. The van der Waals surface area contributed by atoms with E-state index in [4.69, 9.17) is 4.74 Å². The summed E-state index contributed by atoms with van der Waals surface area (Å²) in [5, 5.41) is 1.78. The van der Waals surface area contributed by atoms with Crippen LogP contribution in [0.5, 0.6) is 5.75 Å². The molecule has 1 fully saturated rings. The highest BCUT2D eigenvalue weighted by Crippen LogP contribution is 2.30. The molecule has 31 heavy (non-hydrogen) atoms. The summed E-state index contributed by atoms with van der Waals surface area (Å²) in [4.78, 5) is 34.3. The van der Waals surface area contributed by atoms with Crippen molar-refractivity contribution in [2.45, 2.75) is 19.4 Å². The Kier molecular flexibility index (Phi) is 5.93. The average Bonchev–Trinajstić information content (AvgIpc) is 3.21. The molecule has 2 amide bonds. The Hall–Kier alpha value is -3.35. The van der Waals surface area contributed by atoms with Crippen LogP contribution < -0.4 is 4.74 Å². The van der Waals surface area contributed by atoms with E-state index in [0.717, 1.165) is 35.2 Å². The number of hydrogen-bond donors (Lipinski definition) is 0. The number of carbonyl (C=O) groups excluding carboxylic acids is 2. The van der Waals surface area contributed by atoms with Crippen LogP contribution in [0.1, 0.15) is 29.0 Å². The third-order valence-corrected chi connectivity index (χ3v) is 6.07. The molecule has 2 aromatic carbocycles. The maximum Gasteiger partial charge on any atom is 0.254 e. The lowest BCUT2D eigenvalue weighted by atomic mass is 9.95. The van der Waals surface area contributed by atoms with Crippen molar-refractivity contribution in [1.82, 2.24) is 19.4 Å². The quantitative estimate of drug-likeness (QED) is 0.636. The van der Waals surface area contributed by atoms with Crippen molar-refractivity contribution in [3.8, 4) is 5.75 Å². The molecular formula is C24H28N4O3. The summed E-state index contributed by atoms with van der Waals surface area (Å²) in [6.07, 6.45) is 5.20. The third kappa shape index (κ3) is 4.13. The first kappa shape index (κ1) is 20.9. The predicted molar refractivity (Wildman–Crippen MR) is 119 cm³/mol. The fourth-order valence-corrected chi connectivity index (χ4v) is 4.32. The van der Waals surface area contributed by atoms with E-state index < -0.39 is 0 Å². The molecule has 7 nitrogen and oxygen atoms in total. The van der Waals surface area contributed by atoms with Gasteiger partial charge in [0.15, 0.2) is 0 Å². The first-order valence-corrected chi connectivity index (χ1v) is 10.6. The lowest BCUT2D eigenvalue weighted by Crippen LogP contribution is -2.46. The van der Waals surface area contributed by atoms with Crippen LogP contribution in [-0.2, 0) is 18.4 Å². The maximum absolute atomic E-state index is 13.4. The minimum atomic E-state index is -0.201. The molecule has 1 aliphatic rings. The Morgan fingerprint density at radius 1 is 1.19 bits per heavy atom. The second kappa shape index (κ2) is 8.79. The first-order chi connectivity index (χ1) is 15.0. The fourth-order valence-electron chi connectivity index (χ4n) is 4.32.